The molecule has 37 heavy (non-hydrogen) atoms. The predicted octanol–water partition coefficient (Wildman–Crippen LogP) is 5.45. The van der Waals surface area contributed by atoms with Crippen LogP contribution in [0.4, 0.5) is 22.2 Å². The Labute approximate surface area is 216 Å². The predicted molar refractivity (Wildman–Crippen MR) is 147 cm³/mol. The van der Waals surface area contributed by atoms with E-state index in [1.807, 2.05) is 67.5 Å². The van der Waals surface area contributed by atoms with E-state index in [1.165, 1.54) is 0 Å². The average molecular weight is 500 g/mol. The molecule has 1 aliphatic rings. The van der Waals surface area contributed by atoms with Crippen LogP contribution in [0.3, 0.4) is 0 Å². The quantitative estimate of drug-likeness (QED) is 0.310. The number of hydrogen-bond acceptors (Lipinski definition) is 7. The fourth-order valence-electron chi connectivity index (χ4n) is 4.87. The maximum Gasteiger partial charge on any atom is 0.319 e. The second-order valence-corrected chi connectivity index (χ2v) is 9.81. The summed E-state index contributed by atoms with van der Waals surface area (Å²) in [4.78, 5) is 24.2. The standard InChI is InChI=1S/C28H33N7O2/c1-18-24(25(34-37-18)20-9-5-4-6-10-20)32-28(36)29-17-19-13-15-21(16-14-19)30-27-31-23-12-8-7-11-22(23)26(33-27)35(2)3/h4-12,19,21H,13-17H2,1-3H3,(H2,29,32,36)(H,30,31,33). The number of hydrogen-bond donors (Lipinski definition) is 3. The summed E-state index contributed by atoms with van der Waals surface area (Å²) in [6, 6.07) is 17.8. The summed E-state index contributed by atoms with van der Waals surface area (Å²) in [6.45, 7) is 2.42. The van der Waals surface area contributed by atoms with Crippen molar-refractivity contribution in [2.45, 2.75) is 38.6 Å². The highest BCUT2D eigenvalue weighted by Gasteiger charge is 2.23. The van der Waals surface area contributed by atoms with Crippen LogP contribution in [0, 0.1) is 12.8 Å². The molecular formula is C28H33N7O2. The molecule has 5 rings (SSSR count). The fraction of sp³-hybridized carbons (Fsp3) is 0.357. The number of carbonyl (C=O) groups is 1. The number of rotatable bonds is 7. The minimum absolute atomic E-state index is 0.246. The summed E-state index contributed by atoms with van der Waals surface area (Å²) in [5, 5.41) is 14.7. The van der Waals surface area contributed by atoms with Gasteiger partial charge in [-0.05, 0) is 50.7 Å². The highest BCUT2D eigenvalue weighted by Crippen LogP contribution is 2.30. The summed E-state index contributed by atoms with van der Waals surface area (Å²) in [7, 11) is 4.00. The lowest BCUT2D eigenvalue weighted by atomic mass is 9.86. The monoisotopic (exact) mass is 499 g/mol. The van der Waals surface area contributed by atoms with E-state index < -0.39 is 0 Å². The van der Waals surface area contributed by atoms with Gasteiger partial charge < -0.3 is 25.4 Å². The molecule has 1 fully saturated rings. The molecule has 0 bridgehead atoms. The van der Waals surface area contributed by atoms with Gasteiger partial charge >= 0.3 is 6.03 Å². The van der Waals surface area contributed by atoms with Crippen molar-refractivity contribution in [2.24, 2.45) is 5.92 Å². The first kappa shape index (κ1) is 24.5. The van der Waals surface area contributed by atoms with Gasteiger partial charge in [0.05, 0.1) is 5.52 Å². The van der Waals surface area contributed by atoms with E-state index >= 15 is 0 Å². The van der Waals surface area contributed by atoms with E-state index in [0.717, 1.165) is 48.0 Å². The molecule has 4 aromatic rings. The van der Waals surface area contributed by atoms with Crippen molar-refractivity contribution in [1.29, 1.82) is 0 Å². The van der Waals surface area contributed by atoms with Gasteiger partial charge in [0, 0.05) is 37.6 Å². The van der Waals surface area contributed by atoms with Crippen molar-refractivity contribution in [3.63, 3.8) is 0 Å². The van der Waals surface area contributed by atoms with Crippen LogP contribution in [-0.2, 0) is 0 Å². The molecule has 192 valence electrons. The number of nitrogens with zero attached hydrogens (tertiary/aromatic N) is 4. The van der Waals surface area contributed by atoms with E-state index in [1.54, 1.807) is 6.92 Å². The fourth-order valence-corrected chi connectivity index (χ4v) is 4.87. The molecule has 2 aromatic carbocycles. The molecule has 9 nitrogen and oxygen atoms in total. The highest BCUT2D eigenvalue weighted by atomic mass is 16.5. The third kappa shape index (κ3) is 5.66. The van der Waals surface area contributed by atoms with Crippen LogP contribution in [0.2, 0.25) is 0 Å². The van der Waals surface area contributed by atoms with Crippen LogP contribution in [0.1, 0.15) is 31.4 Å². The second-order valence-electron chi connectivity index (χ2n) is 9.81. The molecule has 0 unspecified atom stereocenters. The lowest BCUT2D eigenvalue weighted by Gasteiger charge is -2.29. The summed E-state index contributed by atoms with van der Waals surface area (Å²) >= 11 is 0. The van der Waals surface area contributed by atoms with Crippen LogP contribution in [-0.4, -0.2) is 47.8 Å². The zero-order chi connectivity index (χ0) is 25.8. The van der Waals surface area contributed by atoms with E-state index in [4.69, 9.17) is 14.5 Å². The van der Waals surface area contributed by atoms with Crippen LogP contribution < -0.4 is 20.9 Å². The third-order valence-corrected chi connectivity index (χ3v) is 6.89. The van der Waals surface area contributed by atoms with Gasteiger partial charge in [0.2, 0.25) is 5.95 Å². The largest absolute Gasteiger partial charge is 0.362 e. The molecule has 0 saturated heterocycles. The van der Waals surface area contributed by atoms with Crippen LogP contribution in [0.25, 0.3) is 22.2 Å². The Bertz CT molecular complexity index is 1360. The number of para-hydroxylation sites is 1. The lowest BCUT2D eigenvalue weighted by Crippen LogP contribution is -2.36. The second kappa shape index (κ2) is 10.9. The molecule has 2 amide bonds. The number of urea groups is 1. The molecule has 0 atom stereocenters. The minimum atomic E-state index is -0.246. The first-order valence-electron chi connectivity index (χ1n) is 12.7. The Morgan fingerprint density at radius 1 is 1.00 bits per heavy atom. The number of nitrogens with one attached hydrogen (secondary N) is 3. The molecule has 1 aliphatic carbocycles. The highest BCUT2D eigenvalue weighted by molar-refractivity contribution is 5.94. The Kier molecular flexibility index (Phi) is 7.20. The van der Waals surface area contributed by atoms with E-state index in [0.29, 0.717) is 41.6 Å². The van der Waals surface area contributed by atoms with Crippen LogP contribution >= 0.6 is 0 Å². The van der Waals surface area contributed by atoms with Crippen molar-refractivity contribution in [1.82, 2.24) is 20.4 Å². The van der Waals surface area contributed by atoms with Crippen molar-refractivity contribution < 1.29 is 9.32 Å². The number of aryl methyl sites for hydroxylation is 1. The SMILES string of the molecule is Cc1onc(-c2ccccc2)c1NC(=O)NCC1CCC(Nc2nc(N(C)C)c3ccccc3n2)CC1. The summed E-state index contributed by atoms with van der Waals surface area (Å²) < 4.78 is 5.34. The summed E-state index contributed by atoms with van der Waals surface area (Å²) in [5.74, 6) is 2.59. The minimum Gasteiger partial charge on any atom is -0.362 e. The zero-order valence-corrected chi connectivity index (χ0v) is 21.5. The average Bonchev–Trinajstić information content (AvgIpc) is 3.28. The van der Waals surface area contributed by atoms with Gasteiger partial charge in [-0.1, -0.05) is 47.6 Å². The molecule has 9 heteroatoms. The van der Waals surface area contributed by atoms with Gasteiger partial charge in [0.25, 0.3) is 0 Å². The van der Waals surface area contributed by atoms with Crippen molar-refractivity contribution in [3.8, 4) is 11.3 Å². The van der Waals surface area contributed by atoms with Crippen molar-refractivity contribution in [2.75, 3.05) is 36.2 Å². The number of aromatic nitrogens is 3. The molecule has 2 heterocycles. The van der Waals surface area contributed by atoms with E-state index in [9.17, 15) is 4.79 Å². The maximum atomic E-state index is 12.7. The van der Waals surface area contributed by atoms with Crippen molar-refractivity contribution in [3.05, 3.63) is 60.4 Å². The third-order valence-electron chi connectivity index (χ3n) is 6.89. The number of amides is 2. The van der Waals surface area contributed by atoms with E-state index in [2.05, 4.69) is 27.2 Å². The number of carbonyl (C=O) groups excluding carboxylic acids is 1. The first-order valence-corrected chi connectivity index (χ1v) is 12.7. The van der Waals surface area contributed by atoms with Gasteiger partial charge in [-0.25, -0.2) is 9.78 Å². The lowest BCUT2D eigenvalue weighted by molar-refractivity contribution is 0.246. The number of anilines is 3. The van der Waals surface area contributed by atoms with Gasteiger partial charge in [-0.15, -0.1) is 0 Å². The smallest absolute Gasteiger partial charge is 0.319 e. The van der Waals surface area contributed by atoms with Gasteiger partial charge in [0.1, 0.15) is 17.2 Å². The van der Waals surface area contributed by atoms with Crippen molar-refractivity contribution >= 4 is 34.4 Å². The Balaban J connectivity index is 1.13. The Morgan fingerprint density at radius 3 is 2.49 bits per heavy atom. The molecule has 0 aliphatic heterocycles. The molecule has 3 N–H and O–H groups in total. The zero-order valence-electron chi connectivity index (χ0n) is 21.5. The molecule has 0 radical (unpaired) electrons. The molecular weight excluding hydrogens is 466 g/mol. The van der Waals surface area contributed by atoms with E-state index in [-0.39, 0.29) is 6.03 Å². The van der Waals surface area contributed by atoms with Gasteiger partial charge in [0.15, 0.2) is 5.76 Å². The first-order chi connectivity index (χ1) is 18.0. The topological polar surface area (TPSA) is 108 Å². The van der Waals surface area contributed by atoms with Gasteiger partial charge in [-0.2, -0.15) is 4.98 Å². The summed E-state index contributed by atoms with van der Waals surface area (Å²) in [6.07, 6.45) is 4.05. The van der Waals surface area contributed by atoms with Crippen LogP contribution in [0.5, 0.6) is 0 Å². The molecule has 1 saturated carbocycles. The molecule has 2 aromatic heterocycles. The Morgan fingerprint density at radius 2 is 1.73 bits per heavy atom. The van der Waals surface area contributed by atoms with Crippen LogP contribution in [0.15, 0.2) is 59.1 Å². The number of benzene rings is 2. The Hall–Kier alpha value is -4.14. The van der Waals surface area contributed by atoms with Gasteiger partial charge in [-0.3, -0.25) is 0 Å². The maximum absolute atomic E-state index is 12.7. The molecule has 0 spiro atoms. The summed E-state index contributed by atoms with van der Waals surface area (Å²) in [5.41, 5.74) is 3.07. The number of fused-ring (bicyclic) bond motifs is 1. The normalized spacial score (nSPS) is 17.4.